The first-order chi connectivity index (χ1) is 10.0. The van der Waals surface area contributed by atoms with Gasteiger partial charge in [-0.1, -0.05) is 11.6 Å². The minimum Gasteiger partial charge on any atom is -0.478 e. The second-order valence-electron chi connectivity index (χ2n) is 4.76. The van der Waals surface area contributed by atoms with Crippen molar-refractivity contribution in [3.05, 3.63) is 70.6 Å². The normalized spacial score (nSPS) is 11.0. The van der Waals surface area contributed by atoms with Gasteiger partial charge in [-0.25, -0.2) is 9.18 Å². The number of hydrogen-bond donors (Lipinski definition) is 1. The van der Waals surface area contributed by atoms with Crippen LogP contribution in [0.1, 0.15) is 15.9 Å². The monoisotopic (exact) mass is 303 g/mol. The summed E-state index contributed by atoms with van der Waals surface area (Å²) in [7, 11) is 0. The molecule has 3 aromatic rings. The van der Waals surface area contributed by atoms with Crippen molar-refractivity contribution >= 4 is 28.5 Å². The molecule has 0 radical (unpaired) electrons. The maximum Gasteiger partial charge on any atom is 0.335 e. The summed E-state index contributed by atoms with van der Waals surface area (Å²) in [6.45, 7) is 0.423. The van der Waals surface area contributed by atoms with Gasteiger partial charge in [0.2, 0.25) is 0 Å². The third-order valence-corrected chi connectivity index (χ3v) is 3.74. The number of halogens is 2. The number of fused-ring (bicyclic) bond motifs is 1. The highest BCUT2D eigenvalue weighted by atomic mass is 35.5. The lowest BCUT2D eigenvalue weighted by Crippen LogP contribution is -2.00. The van der Waals surface area contributed by atoms with E-state index in [1.54, 1.807) is 18.2 Å². The predicted octanol–water partition coefficient (Wildman–Crippen LogP) is 4.18. The van der Waals surface area contributed by atoms with Crippen molar-refractivity contribution in [2.45, 2.75) is 6.54 Å². The Balaban J connectivity index is 2.01. The fourth-order valence-corrected chi connectivity index (χ4v) is 2.50. The highest BCUT2D eigenvalue weighted by Crippen LogP contribution is 2.22. The van der Waals surface area contributed by atoms with Crippen LogP contribution in [0.25, 0.3) is 10.9 Å². The molecule has 5 heteroatoms. The second-order valence-corrected chi connectivity index (χ2v) is 5.17. The molecule has 0 spiro atoms. The highest BCUT2D eigenvalue weighted by molar-refractivity contribution is 6.31. The lowest BCUT2D eigenvalue weighted by Gasteiger charge is -2.08. The molecule has 3 rings (SSSR count). The Hall–Kier alpha value is -2.33. The Morgan fingerprint density at radius 1 is 1.19 bits per heavy atom. The molecule has 1 heterocycles. The zero-order valence-corrected chi connectivity index (χ0v) is 11.6. The van der Waals surface area contributed by atoms with Gasteiger partial charge in [-0.3, -0.25) is 0 Å². The number of carboxylic acid groups (broad SMARTS) is 1. The van der Waals surface area contributed by atoms with Gasteiger partial charge >= 0.3 is 5.97 Å². The van der Waals surface area contributed by atoms with Gasteiger partial charge in [0.05, 0.1) is 5.56 Å². The second kappa shape index (κ2) is 5.22. The summed E-state index contributed by atoms with van der Waals surface area (Å²) in [4.78, 5) is 11.0. The third kappa shape index (κ3) is 2.62. The van der Waals surface area contributed by atoms with Crippen LogP contribution in [0.2, 0.25) is 5.02 Å². The van der Waals surface area contributed by atoms with E-state index in [1.807, 2.05) is 16.8 Å². The van der Waals surface area contributed by atoms with E-state index in [9.17, 15) is 9.18 Å². The number of nitrogens with zero attached hydrogens (tertiary/aromatic N) is 1. The van der Waals surface area contributed by atoms with Crippen molar-refractivity contribution in [3.8, 4) is 0 Å². The Bertz CT molecular complexity index is 841. The van der Waals surface area contributed by atoms with Gasteiger partial charge in [-0.15, -0.1) is 0 Å². The smallest absolute Gasteiger partial charge is 0.335 e. The van der Waals surface area contributed by atoms with Gasteiger partial charge in [0, 0.05) is 28.7 Å². The molecule has 3 nitrogen and oxygen atoms in total. The van der Waals surface area contributed by atoms with Crippen molar-refractivity contribution in [3.63, 3.8) is 0 Å². The zero-order valence-electron chi connectivity index (χ0n) is 10.9. The van der Waals surface area contributed by atoms with Gasteiger partial charge in [-0.05, 0) is 48.0 Å². The largest absolute Gasteiger partial charge is 0.478 e. The van der Waals surface area contributed by atoms with Crippen LogP contribution in [0.3, 0.4) is 0 Å². The first kappa shape index (κ1) is 13.6. The molecular weight excluding hydrogens is 293 g/mol. The maximum absolute atomic E-state index is 13.3. The lowest BCUT2D eigenvalue weighted by molar-refractivity contribution is 0.0697. The molecule has 0 saturated carbocycles. The maximum atomic E-state index is 13.3. The molecule has 0 unspecified atom stereocenters. The number of carbonyl (C=O) groups is 1. The van der Waals surface area contributed by atoms with E-state index in [0.29, 0.717) is 17.1 Å². The molecule has 0 fully saturated rings. The van der Waals surface area contributed by atoms with Crippen LogP contribution in [0.5, 0.6) is 0 Å². The summed E-state index contributed by atoms with van der Waals surface area (Å²) < 4.78 is 15.2. The molecule has 1 N–H and O–H groups in total. The van der Waals surface area contributed by atoms with Crippen molar-refractivity contribution in [1.82, 2.24) is 4.57 Å². The van der Waals surface area contributed by atoms with E-state index >= 15 is 0 Å². The van der Waals surface area contributed by atoms with Gasteiger partial charge < -0.3 is 9.67 Å². The Labute approximate surface area is 125 Å². The summed E-state index contributed by atoms with van der Waals surface area (Å²) in [5.41, 5.74) is 1.79. The van der Waals surface area contributed by atoms with Crippen LogP contribution in [0, 0.1) is 5.82 Å². The van der Waals surface area contributed by atoms with Crippen LogP contribution in [0.4, 0.5) is 4.39 Å². The Morgan fingerprint density at radius 3 is 2.76 bits per heavy atom. The fraction of sp³-hybridized carbons (Fsp3) is 0.0625. The molecule has 0 aliphatic carbocycles. The van der Waals surface area contributed by atoms with Gasteiger partial charge in [0.1, 0.15) is 5.82 Å². The first-order valence-corrected chi connectivity index (χ1v) is 6.68. The zero-order chi connectivity index (χ0) is 15.0. The summed E-state index contributed by atoms with van der Waals surface area (Å²) in [6, 6.07) is 11.0. The molecule has 21 heavy (non-hydrogen) atoms. The van der Waals surface area contributed by atoms with Crippen molar-refractivity contribution in [2.24, 2.45) is 0 Å². The van der Waals surface area contributed by atoms with Crippen LogP contribution >= 0.6 is 11.6 Å². The number of carboxylic acids is 1. The molecule has 0 saturated heterocycles. The van der Waals surface area contributed by atoms with Crippen LogP contribution < -0.4 is 0 Å². The van der Waals surface area contributed by atoms with Crippen LogP contribution in [0.15, 0.2) is 48.7 Å². The molecule has 106 valence electrons. The van der Waals surface area contributed by atoms with E-state index in [1.165, 1.54) is 18.2 Å². The molecule has 1 aromatic heterocycles. The van der Waals surface area contributed by atoms with Gasteiger partial charge in [0.25, 0.3) is 0 Å². The fourth-order valence-electron chi connectivity index (χ4n) is 2.32. The van der Waals surface area contributed by atoms with E-state index in [2.05, 4.69) is 0 Å². The van der Waals surface area contributed by atoms with Crippen molar-refractivity contribution in [1.29, 1.82) is 0 Å². The SMILES string of the molecule is O=C(O)c1ccc2c(ccn2Cc2cc(F)ccc2Cl)c1. The van der Waals surface area contributed by atoms with Gasteiger partial charge in [0.15, 0.2) is 0 Å². The number of rotatable bonds is 3. The van der Waals surface area contributed by atoms with E-state index in [-0.39, 0.29) is 11.4 Å². The topological polar surface area (TPSA) is 42.2 Å². The molecule has 0 bridgehead atoms. The number of aromatic carboxylic acids is 1. The van der Waals surface area contributed by atoms with E-state index in [0.717, 1.165) is 10.9 Å². The molecule has 0 amide bonds. The average Bonchev–Trinajstić information content (AvgIpc) is 2.85. The minimum absolute atomic E-state index is 0.240. The molecule has 0 aliphatic rings. The number of hydrogen-bond acceptors (Lipinski definition) is 1. The Kier molecular flexibility index (Phi) is 3.39. The summed E-state index contributed by atoms with van der Waals surface area (Å²) in [6.07, 6.45) is 1.83. The highest BCUT2D eigenvalue weighted by Gasteiger charge is 2.08. The van der Waals surface area contributed by atoms with E-state index < -0.39 is 5.97 Å². The lowest BCUT2D eigenvalue weighted by atomic mass is 10.1. The standard InChI is InChI=1S/C16H11ClFNO2/c17-14-3-2-13(18)8-12(14)9-19-6-5-10-7-11(16(20)21)1-4-15(10)19/h1-8H,9H2,(H,20,21). The number of benzene rings is 2. The summed E-state index contributed by atoms with van der Waals surface area (Å²) >= 11 is 6.07. The third-order valence-electron chi connectivity index (χ3n) is 3.37. The van der Waals surface area contributed by atoms with Crippen molar-refractivity contribution in [2.75, 3.05) is 0 Å². The Morgan fingerprint density at radius 2 is 2.00 bits per heavy atom. The number of aromatic nitrogens is 1. The molecule has 0 aliphatic heterocycles. The summed E-state index contributed by atoms with van der Waals surface area (Å²) in [5, 5.41) is 10.3. The molecule has 0 atom stereocenters. The van der Waals surface area contributed by atoms with E-state index in [4.69, 9.17) is 16.7 Å². The molecular formula is C16H11ClFNO2. The van der Waals surface area contributed by atoms with Gasteiger partial charge in [-0.2, -0.15) is 0 Å². The molecule has 2 aromatic carbocycles. The van der Waals surface area contributed by atoms with Crippen LogP contribution in [-0.2, 0) is 6.54 Å². The minimum atomic E-state index is -0.960. The average molecular weight is 304 g/mol. The first-order valence-electron chi connectivity index (χ1n) is 6.31. The summed E-state index contributed by atoms with van der Waals surface area (Å²) in [5.74, 6) is -1.29. The van der Waals surface area contributed by atoms with Crippen LogP contribution in [-0.4, -0.2) is 15.6 Å². The predicted molar refractivity (Wildman–Crippen MR) is 79.4 cm³/mol. The van der Waals surface area contributed by atoms with Crippen molar-refractivity contribution < 1.29 is 14.3 Å². The quantitative estimate of drug-likeness (QED) is 0.788.